The lowest BCUT2D eigenvalue weighted by atomic mass is 9.90. The molecule has 0 aromatic heterocycles. The van der Waals surface area contributed by atoms with Gasteiger partial charge < -0.3 is 10.6 Å². The van der Waals surface area contributed by atoms with Crippen LogP contribution in [0.4, 0.5) is 46.5 Å². The van der Waals surface area contributed by atoms with Gasteiger partial charge in [-0.3, -0.25) is 9.59 Å². The maximum absolute atomic E-state index is 14.5. The fourth-order valence-electron chi connectivity index (χ4n) is 3.60. The van der Waals surface area contributed by atoms with Crippen molar-refractivity contribution in [2.75, 3.05) is 10.6 Å². The van der Waals surface area contributed by atoms with Gasteiger partial charge in [0.05, 0.1) is 0 Å². The highest BCUT2D eigenvalue weighted by Gasteiger charge is 2.73. The van der Waals surface area contributed by atoms with Crippen molar-refractivity contribution in [2.45, 2.75) is 31.9 Å². The third kappa shape index (κ3) is 5.57. The Hall–Kier alpha value is -3.96. The quantitative estimate of drug-likeness (QED) is 0.342. The van der Waals surface area contributed by atoms with E-state index in [0.29, 0.717) is 12.1 Å². The van der Waals surface area contributed by atoms with Crippen molar-refractivity contribution >= 4 is 23.2 Å². The number of hydrogen-bond donors (Lipinski definition) is 2. The number of rotatable bonds is 5. The second kappa shape index (κ2) is 9.83. The van der Waals surface area contributed by atoms with Crippen molar-refractivity contribution < 1.29 is 44.7 Å². The normalized spacial score (nSPS) is 12.3. The average Bonchev–Trinajstić information content (AvgIpc) is 2.79. The lowest BCUT2D eigenvalue weighted by Crippen LogP contribution is -2.50. The van der Waals surface area contributed by atoms with Crippen LogP contribution in [-0.2, 0) is 5.67 Å². The van der Waals surface area contributed by atoms with Crippen molar-refractivity contribution in [3.8, 4) is 0 Å². The minimum Gasteiger partial charge on any atom is -0.322 e. The van der Waals surface area contributed by atoms with Gasteiger partial charge in [-0.2, -0.15) is 26.3 Å². The van der Waals surface area contributed by atoms with Crippen LogP contribution in [0.2, 0.25) is 0 Å². The van der Waals surface area contributed by atoms with E-state index in [-0.39, 0.29) is 33.6 Å². The fourth-order valence-corrected chi connectivity index (χ4v) is 3.60. The van der Waals surface area contributed by atoms with E-state index in [0.717, 1.165) is 26.0 Å². The molecule has 3 rings (SSSR count). The Bertz CT molecular complexity index is 1310. The monoisotopic (exact) mass is 530 g/mol. The molecule has 0 aliphatic carbocycles. The molecule has 0 atom stereocenters. The molecule has 0 radical (unpaired) electrons. The number of carbonyl (C=O) groups excluding carboxylic acids is 2. The first-order chi connectivity index (χ1) is 17.0. The molecule has 3 aromatic rings. The SMILES string of the molecule is Cc1cc(C(F)(C(F)(F)F)C(F)(F)F)cc(C)c1NC(=O)c1cccc(NC(=O)c2cccc(F)c2)c1. The van der Waals surface area contributed by atoms with E-state index in [2.05, 4.69) is 10.6 Å². The van der Waals surface area contributed by atoms with E-state index >= 15 is 0 Å². The molecule has 0 heterocycles. The van der Waals surface area contributed by atoms with Crippen LogP contribution in [0.1, 0.15) is 37.4 Å². The van der Waals surface area contributed by atoms with Crippen LogP contribution < -0.4 is 10.6 Å². The van der Waals surface area contributed by atoms with Crippen molar-refractivity contribution in [3.05, 3.63) is 94.3 Å². The number of amides is 2. The number of aryl methyl sites for hydroxylation is 2. The maximum Gasteiger partial charge on any atom is 0.435 e. The first kappa shape index (κ1) is 27.6. The van der Waals surface area contributed by atoms with E-state index in [1.54, 1.807) is 0 Å². The standard InChI is InChI=1S/C25H18F8N2O2/c1-13-9-17(23(27,24(28,29)30)25(31,32)33)10-14(2)20(13)35-22(37)16-6-4-8-19(12-16)34-21(36)15-5-3-7-18(26)11-15/h3-12H,1-2H3,(H,34,36)(H,35,37). The summed E-state index contributed by atoms with van der Waals surface area (Å²) in [6.45, 7) is 2.24. The van der Waals surface area contributed by atoms with Crippen LogP contribution in [0, 0.1) is 19.7 Å². The summed E-state index contributed by atoms with van der Waals surface area (Å²) < 4.78 is 107. The molecule has 0 saturated carbocycles. The Labute approximate surface area is 205 Å². The maximum atomic E-state index is 14.5. The van der Waals surface area contributed by atoms with Gasteiger partial charge in [0.1, 0.15) is 5.82 Å². The summed E-state index contributed by atoms with van der Waals surface area (Å²) in [6, 6.07) is 11.0. The van der Waals surface area contributed by atoms with Gasteiger partial charge in [0.2, 0.25) is 0 Å². The van der Waals surface area contributed by atoms with Crippen molar-refractivity contribution in [1.82, 2.24) is 0 Å². The summed E-state index contributed by atoms with van der Waals surface area (Å²) in [5.74, 6) is -2.10. The van der Waals surface area contributed by atoms with Gasteiger partial charge in [0, 0.05) is 28.1 Å². The Morgan fingerprint density at radius 2 is 1.16 bits per heavy atom. The third-order valence-corrected chi connectivity index (χ3v) is 5.42. The number of alkyl halides is 7. The predicted molar refractivity (Wildman–Crippen MR) is 120 cm³/mol. The van der Waals surface area contributed by atoms with E-state index in [4.69, 9.17) is 0 Å². The van der Waals surface area contributed by atoms with Crippen molar-refractivity contribution in [1.29, 1.82) is 0 Å². The third-order valence-electron chi connectivity index (χ3n) is 5.42. The molecule has 0 aliphatic heterocycles. The molecule has 196 valence electrons. The first-order valence-electron chi connectivity index (χ1n) is 10.5. The largest absolute Gasteiger partial charge is 0.435 e. The van der Waals surface area contributed by atoms with Gasteiger partial charge in [0.15, 0.2) is 0 Å². The molecular weight excluding hydrogens is 512 g/mol. The minimum absolute atomic E-state index is 0.0165. The number of benzene rings is 3. The summed E-state index contributed by atoms with van der Waals surface area (Å²) >= 11 is 0. The molecule has 0 fully saturated rings. The number of anilines is 2. The summed E-state index contributed by atoms with van der Waals surface area (Å²) in [5, 5.41) is 4.86. The lowest BCUT2D eigenvalue weighted by molar-refractivity contribution is -0.348. The Morgan fingerprint density at radius 1 is 0.676 bits per heavy atom. The lowest BCUT2D eigenvalue weighted by Gasteiger charge is -2.31. The van der Waals surface area contributed by atoms with Gasteiger partial charge >= 0.3 is 18.0 Å². The van der Waals surface area contributed by atoms with Crippen LogP contribution in [0.5, 0.6) is 0 Å². The van der Waals surface area contributed by atoms with E-state index in [9.17, 15) is 44.7 Å². The molecule has 3 aromatic carbocycles. The van der Waals surface area contributed by atoms with Crippen molar-refractivity contribution in [3.63, 3.8) is 0 Å². The predicted octanol–water partition coefficient (Wildman–Crippen LogP) is 7.24. The molecule has 0 saturated heterocycles. The first-order valence-corrected chi connectivity index (χ1v) is 10.5. The van der Waals surface area contributed by atoms with E-state index in [1.165, 1.54) is 36.4 Å². The summed E-state index contributed by atoms with van der Waals surface area (Å²) in [6.07, 6.45) is -12.5. The second-order valence-electron chi connectivity index (χ2n) is 8.14. The van der Waals surface area contributed by atoms with Gasteiger partial charge in [-0.25, -0.2) is 8.78 Å². The summed E-state index contributed by atoms with van der Waals surface area (Å²) in [7, 11) is 0. The zero-order valence-electron chi connectivity index (χ0n) is 19.1. The number of hydrogen-bond acceptors (Lipinski definition) is 2. The summed E-state index contributed by atoms with van der Waals surface area (Å²) in [4.78, 5) is 25.1. The fraction of sp³-hybridized carbons (Fsp3) is 0.200. The topological polar surface area (TPSA) is 58.2 Å². The Kier molecular flexibility index (Phi) is 7.34. The highest BCUT2D eigenvalue weighted by Crippen LogP contribution is 2.53. The zero-order valence-corrected chi connectivity index (χ0v) is 19.1. The molecule has 2 amide bonds. The number of carbonyl (C=O) groups is 2. The highest BCUT2D eigenvalue weighted by molar-refractivity contribution is 6.07. The number of halogens is 8. The molecule has 0 spiro atoms. The van der Waals surface area contributed by atoms with E-state index < -0.39 is 41.2 Å². The van der Waals surface area contributed by atoms with Gasteiger partial charge in [0.25, 0.3) is 11.8 Å². The zero-order chi connectivity index (χ0) is 27.8. The molecular formula is C25H18F8N2O2. The van der Waals surface area contributed by atoms with Gasteiger partial charge in [-0.1, -0.05) is 24.3 Å². The average molecular weight is 530 g/mol. The van der Waals surface area contributed by atoms with Crippen LogP contribution >= 0.6 is 0 Å². The molecule has 2 N–H and O–H groups in total. The van der Waals surface area contributed by atoms with Gasteiger partial charge in [-0.15, -0.1) is 0 Å². The number of nitrogens with one attached hydrogen (secondary N) is 2. The van der Waals surface area contributed by atoms with Crippen LogP contribution in [0.25, 0.3) is 0 Å². The van der Waals surface area contributed by atoms with Gasteiger partial charge in [-0.05, 0) is 61.4 Å². The Balaban J connectivity index is 1.86. The molecule has 37 heavy (non-hydrogen) atoms. The molecule has 4 nitrogen and oxygen atoms in total. The smallest absolute Gasteiger partial charge is 0.322 e. The highest BCUT2D eigenvalue weighted by atomic mass is 19.4. The van der Waals surface area contributed by atoms with Crippen LogP contribution in [0.3, 0.4) is 0 Å². The molecule has 0 unspecified atom stereocenters. The molecule has 0 bridgehead atoms. The Morgan fingerprint density at radius 3 is 1.68 bits per heavy atom. The van der Waals surface area contributed by atoms with Crippen molar-refractivity contribution in [2.24, 2.45) is 0 Å². The van der Waals surface area contributed by atoms with Crippen LogP contribution in [-0.4, -0.2) is 24.2 Å². The molecule has 0 aliphatic rings. The molecule has 12 heteroatoms. The summed E-state index contributed by atoms with van der Waals surface area (Å²) in [5.41, 5.74) is -7.72. The minimum atomic E-state index is -6.27. The van der Waals surface area contributed by atoms with E-state index in [1.807, 2.05) is 0 Å². The van der Waals surface area contributed by atoms with Crippen LogP contribution in [0.15, 0.2) is 60.7 Å². The second-order valence-corrected chi connectivity index (χ2v) is 8.14.